The number of aromatic nitrogens is 4. The van der Waals surface area contributed by atoms with Crippen LogP contribution >= 0.6 is 0 Å². The Morgan fingerprint density at radius 1 is 1.41 bits per heavy atom. The molecule has 0 aromatic carbocycles. The number of ether oxygens (including phenoxy) is 2. The van der Waals surface area contributed by atoms with Crippen LogP contribution < -0.4 is 10.5 Å². The van der Waals surface area contributed by atoms with Crippen LogP contribution in [0.2, 0.25) is 0 Å². The molecule has 2 aromatic rings. The zero-order chi connectivity index (χ0) is 20.1. The minimum atomic E-state index is -2.52. The molecule has 1 unspecified atom stereocenters. The Morgan fingerprint density at radius 3 is 2.63 bits per heavy atom. The molecule has 2 aromatic heterocycles. The van der Waals surface area contributed by atoms with Gasteiger partial charge in [0, 0.05) is 0 Å². The number of hydrogen-bond donors (Lipinski definition) is 4. The van der Waals surface area contributed by atoms with Gasteiger partial charge in [0.25, 0.3) is 0 Å². The number of Topliss-reactive ketones (excluding diaryl/α,β-unsaturated/α-hetero) is 2. The largest absolute Gasteiger partial charge is 0.479 e. The second-order valence-corrected chi connectivity index (χ2v) is 6.24. The zero-order valence-electron chi connectivity index (χ0n) is 14.7. The molecule has 12 nitrogen and oxygen atoms in total. The summed E-state index contributed by atoms with van der Waals surface area (Å²) in [5.41, 5.74) is 3.43. The van der Waals surface area contributed by atoms with E-state index in [1.807, 2.05) is 0 Å². The van der Waals surface area contributed by atoms with Gasteiger partial charge in [-0.1, -0.05) is 0 Å². The number of aliphatic hydroxyl groups excluding tert-OH is 2. The van der Waals surface area contributed by atoms with Gasteiger partial charge in [-0.25, -0.2) is 4.98 Å². The first-order chi connectivity index (χ1) is 12.6. The number of hydrogen-bond acceptors (Lipinski definition) is 11. The second-order valence-electron chi connectivity index (χ2n) is 6.24. The minimum Gasteiger partial charge on any atom is -0.479 e. The first-order valence-corrected chi connectivity index (χ1v) is 7.92. The fraction of sp³-hybridized carbons (Fsp3) is 0.533. The van der Waals surface area contributed by atoms with Crippen molar-refractivity contribution in [2.45, 2.75) is 44.0 Å². The van der Waals surface area contributed by atoms with Gasteiger partial charge in [0.1, 0.15) is 18.3 Å². The first-order valence-electron chi connectivity index (χ1n) is 7.92. The standard InChI is InChI=1S/C15H19N5O7/c1-5(21)8(23)10-15(25,6(2)22)9(24)13(27-10)20-4-17-7-11(20)18-14(16)19-12(7)26-3/h4,8-10,13,23-25H,1-3H3,(H2,16,18,19)/t8?,9-,10-,13-,15+/m1/s1. The first kappa shape index (κ1) is 19.1. The average Bonchev–Trinajstić information content (AvgIpc) is 3.14. The molecular weight excluding hydrogens is 362 g/mol. The molecule has 12 heteroatoms. The molecule has 1 saturated heterocycles. The van der Waals surface area contributed by atoms with Crippen molar-refractivity contribution in [3.05, 3.63) is 6.33 Å². The van der Waals surface area contributed by atoms with Crippen LogP contribution in [0.3, 0.4) is 0 Å². The smallest absolute Gasteiger partial charge is 0.246 e. The molecular formula is C15H19N5O7. The lowest BCUT2D eigenvalue weighted by atomic mass is 9.84. The Labute approximate surface area is 152 Å². The summed E-state index contributed by atoms with van der Waals surface area (Å²) in [6.07, 6.45) is -5.51. The third kappa shape index (κ3) is 2.73. The van der Waals surface area contributed by atoms with Gasteiger partial charge >= 0.3 is 0 Å². The molecule has 5 N–H and O–H groups in total. The Morgan fingerprint density at radius 2 is 2.07 bits per heavy atom. The molecule has 1 fully saturated rings. The monoisotopic (exact) mass is 381 g/mol. The Bertz CT molecular complexity index is 915. The van der Waals surface area contributed by atoms with Crippen molar-refractivity contribution in [1.82, 2.24) is 19.5 Å². The van der Waals surface area contributed by atoms with Crippen molar-refractivity contribution in [1.29, 1.82) is 0 Å². The summed E-state index contributed by atoms with van der Waals surface area (Å²) < 4.78 is 11.8. The highest BCUT2D eigenvalue weighted by Crippen LogP contribution is 2.41. The van der Waals surface area contributed by atoms with Crippen molar-refractivity contribution >= 4 is 28.7 Å². The lowest BCUT2D eigenvalue weighted by Gasteiger charge is -2.29. The predicted octanol–water partition coefficient (Wildman–Crippen LogP) is -2.05. The van der Waals surface area contributed by atoms with E-state index in [0.29, 0.717) is 0 Å². The zero-order valence-corrected chi connectivity index (χ0v) is 14.7. The van der Waals surface area contributed by atoms with Gasteiger partial charge in [-0.15, -0.1) is 0 Å². The molecule has 0 radical (unpaired) electrons. The maximum atomic E-state index is 12.0. The summed E-state index contributed by atoms with van der Waals surface area (Å²) in [7, 11) is 1.36. The highest BCUT2D eigenvalue weighted by Gasteiger charge is 2.62. The maximum absolute atomic E-state index is 12.0. The number of methoxy groups -OCH3 is 1. The molecule has 3 rings (SSSR count). The van der Waals surface area contributed by atoms with Crippen LogP contribution in [0.5, 0.6) is 5.88 Å². The molecule has 0 spiro atoms. The van der Waals surface area contributed by atoms with Crippen LogP contribution in [0.25, 0.3) is 11.2 Å². The van der Waals surface area contributed by atoms with Crippen molar-refractivity contribution in [2.24, 2.45) is 0 Å². The van der Waals surface area contributed by atoms with Gasteiger partial charge in [0.05, 0.1) is 13.4 Å². The summed E-state index contributed by atoms with van der Waals surface area (Å²) in [4.78, 5) is 35.6. The van der Waals surface area contributed by atoms with E-state index in [4.69, 9.17) is 15.2 Å². The van der Waals surface area contributed by atoms with Gasteiger partial charge in [-0.2, -0.15) is 9.97 Å². The van der Waals surface area contributed by atoms with Crippen molar-refractivity contribution in [2.75, 3.05) is 12.8 Å². The maximum Gasteiger partial charge on any atom is 0.246 e. The average molecular weight is 381 g/mol. The van der Waals surface area contributed by atoms with Gasteiger partial charge in [-0.05, 0) is 13.8 Å². The minimum absolute atomic E-state index is 0.0749. The number of nitrogens with two attached hydrogens (primary N) is 1. The number of nitrogen functional groups attached to an aromatic ring is 1. The number of imidazole rings is 1. The van der Waals surface area contributed by atoms with E-state index in [9.17, 15) is 24.9 Å². The molecule has 5 atom stereocenters. The lowest BCUT2D eigenvalue weighted by molar-refractivity contribution is -0.162. The van der Waals surface area contributed by atoms with Gasteiger partial charge in [0.15, 0.2) is 34.6 Å². The fourth-order valence-corrected chi connectivity index (χ4v) is 3.10. The molecule has 0 aliphatic carbocycles. The van der Waals surface area contributed by atoms with Gasteiger partial charge in [-0.3, -0.25) is 14.2 Å². The highest BCUT2D eigenvalue weighted by atomic mass is 16.6. The van der Waals surface area contributed by atoms with Crippen LogP contribution in [-0.2, 0) is 14.3 Å². The second kappa shape index (κ2) is 6.49. The van der Waals surface area contributed by atoms with Gasteiger partial charge in [0.2, 0.25) is 11.8 Å². The van der Waals surface area contributed by atoms with Crippen LogP contribution in [0, 0.1) is 0 Å². The van der Waals surface area contributed by atoms with E-state index in [0.717, 1.165) is 13.8 Å². The Hall–Kier alpha value is -2.67. The Kier molecular flexibility index (Phi) is 4.59. The van der Waals surface area contributed by atoms with Crippen LogP contribution in [0.1, 0.15) is 20.1 Å². The van der Waals surface area contributed by atoms with Crippen molar-refractivity contribution < 1.29 is 34.4 Å². The van der Waals surface area contributed by atoms with E-state index in [1.165, 1.54) is 18.0 Å². The van der Waals surface area contributed by atoms with E-state index < -0.39 is 41.7 Å². The summed E-state index contributed by atoms with van der Waals surface area (Å²) >= 11 is 0. The summed E-state index contributed by atoms with van der Waals surface area (Å²) in [6, 6.07) is 0. The van der Waals surface area contributed by atoms with E-state index in [-0.39, 0.29) is 23.0 Å². The highest BCUT2D eigenvalue weighted by molar-refractivity contribution is 5.89. The number of rotatable bonds is 5. The summed E-state index contributed by atoms with van der Waals surface area (Å²) in [5.74, 6) is -1.68. The number of nitrogens with zero attached hydrogens (tertiary/aromatic N) is 4. The molecule has 1 aliphatic heterocycles. The number of anilines is 1. The molecule has 0 saturated carbocycles. The molecule has 0 bridgehead atoms. The van der Waals surface area contributed by atoms with E-state index >= 15 is 0 Å². The van der Waals surface area contributed by atoms with E-state index in [2.05, 4.69) is 15.0 Å². The number of carbonyl (C=O) groups excluding carboxylic acids is 2. The van der Waals surface area contributed by atoms with Crippen LogP contribution in [0.4, 0.5) is 5.95 Å². The quantitative estimate of drug-likeness (QED) is 0.447. The van der Waals surface area contributed by atoms with Crippen LogP contribution in [0.15, 0.2) is 6.33 Å². The van der Waals surface area contributed by atoms with Crippen LogP contribution in [-0.4, -0.2) is 77.4 Å². The van der Waals surface area contributed by atoms with Gasteiger partial charge < -0.3 is 30.5 Å². The predicted molar refractivity (Wildman–Crippen MR) is 88.5 cm³/mol. The molecule has 3 heterocycles. The number of fused-ring (bicyclic) bond motifs is 1. The van der Waals surface area contributed by atoms with Crippen molar-refractivity contribution in [3.8, 4) is 5.88 Å². The number of carbonyl (C=O) groups is 2. The fourth-order valence-electron chi connectivity index (χ4n) is 3.10. The van der Waals surface area contributed by atoms with E-state index in [1.54, 1.807) is 0 Å². The normalized spacial score (nSPS) is 29.0. The lowest BCUT2D eigenvalue weighted by Crippen LogP contribution is -2.58. The molecule has 0 amide bonds. The third-order valence-corrected chi connectivity index (χ3v) is 4.58. The molecule has 1 aliphatic rings. The summed E-state index contributed by atoms with van der Waals surface area (Å²) in [6.45, 7) is 2.09. The summed E-state index contributed by atoms with van der Waals surface area (Å²) in [5, 5.41) is 31.5. The number of ketones is 2. The Balaban J connectivity index is 2.13. The molecule has 27 heavy (non-hydrogen) atoms. The van der Waals surface area contributed by atoms with Crippen molar-refractivity contribution in [3.63, 3.8) is 0 Å². The molecule has 146 valence electrons. The SMILES string of the molecule is COc1nc(N)nc2c1ncn2[C@@H]1O[C@H](C(O)C(C)=O)[C@](O)(C(C)=O)[C@@H]1O. The third-order valence-electron chi connectivity index (χ3n) is 4.58. The number of aliphatic hydroxyl groups is 3. The topological polar surface area (TPSA) is 183 Å².